The van der Waals surface area contributed by atoms with E-state index in [0.717, 1.165) is 19.3 Å². The van der Waals surface area contributed by atoms with E-state index in [4.69, 9.17) is 4.74 Å². The van der Waals surface area contributed by atoms with Gasteiger partial charge in [0.2, 0.25) is 0 Å². The first kappa shape index (κ1) is 10.5. The van der Waals surface area contributed by atoms with Crippen molar-refractivity contribution >= 4 is 5.97 Å². The highest BCUT2D eigenvalue weighted by Crippen LogP contribution is 2.29. The fourth-order valence-corrected chi connectivity index (χ4v) is 1.85. The van der Waals surface area contributed by atoms with Crippen molar-refractivity contribution in [2.75, 3.05) is 6.61 Å². The molecule has 1 rings (SSSR count). The molecule has 0 saturated heterocycles. The zero-order chi connectivity index (χ0) is 9.84. The predicted molar refractivity (Wildman–Crippen MR) is 49.1 cm³/mol. The van der Waals surface area contributed by atoms with Crippen LogP contribution in [-0.2, 0) is 9.53 Å². The van der Waals surface area contributed by atoms with Crippen LogP contribution in [0.1, 0.15) is 33.1 Å². The lowest BCUT2D eigenvalue weighted by Gasteiger charge is -2.29. The van der Waals surface area contributed by atoms with Crippen molar-refractivity contribution in [1.82, 2.24) is 0 Å². The summed E-state index contributed by atoms with van der Waals surface area (Å²) in [7, 11) is 0. The van der Waals surface area contributed by atoms with Crippen molar-refractivity contribution in [2.24, 2.45) is 11.8 Å². The topological polar surface area (TPSA) is 46.5 Å². The molecule has 0 aromatic heterocycles. The fraction of sp³-hybridized carbons (Fsp3) is 0.900. The van der Waals surface area contributed by atoms with E-state index in [0.29, 0.717) is 6.61 Å². The predicted octanol–water partition coefficient (Wildman–Crippen LogP) is 1.35. The Morgan fingerprint density at radius 1 is 1.54 bits per heavy atom. The molecule has 0 aliphatic heterocycles. The number of hydrogen-bond acceptors (Lipinski definition) is 3. The molecule has 0 bridgehead atoms. The van der Waals surface area contributed by atoms with Crippen molar-refractivity contribution < 1.29 is 14.6 Å². The summed E-state index contributed by atoms with van der Waals surface area (Å²) in [5.74, 6) is 0.141. The summed E-state index contributed by atoms with van der Waals surface area (Å²) >= 11 is 0. The molecule has 1 N–H and O–H groups in total. The monoisotopic (exact) mass is 186 g/mol. The van der Waals surface area contributed by atoms with Crippen molar-refractivity contribution in [3.63, 3.8) is 0 Å². The zero-order valence-electron chi connectivity index (χ0n) is 8.32. The summed E-state index contributed by atoms with van der Waals surface area (Å²) in [4.78, 5) is 11.3. The average Bonchev–Trinajstić information content (AvgIpc) is 2.10. The lowest BCUT2D eigenvalue weighted by atomic mass is 9.80. The number of rotatable bonds is 2. The van der Waals surface area contributed by atoms with Gasteiger partial charge < -0.3 is 9.84 Å². The number of ether oxygens (including phenoxy) is 1. The molecule has 1 saturated carbocycles. The molecule has 1 aliphatic rings. The first-order valence-electron chi connectivity index (χ1n) is 4.99. The number of aliphatic hydroxyl groups is 1. The number of carbonyl (C=O) groups excluding carboxylic acids is 1. The number of hydrogen-bond donors (Lipinski definition) is 1. The Hall–Kier alpha value is -0.570. The van der Waals surface area contributed by atoms with Gasteiger partial charge in [-0.05, 0) is 32.1 Å². The highest BCUT2D eigenvalue weighted by atomic mass is 16.5. The second kappa shape index (κ2) is 4.61. The third kappa shape index (κ3) is 2.69. The number of esters is 1. The molecule has 13 heavy (non-hydrogen) atoms. The Bertz CT molecular complexity index is 179. The van der Waals surface area contributed by atoms with Crippen molar-refractivity contribution in [3.8, 4) is 0 Å². The minimum absolute atomic E-state index is 0.0124. The van der Waals surface area contributed by atoms with Gasteiger partial charge in [-0.2, -0.15) is 0 Å². The van der Waals surface area contributed by atoms with Crippen molar-refractivity contribution in [1.29, 1.82) is 0 Å². The maximum atomic E-state index is 11.3. The van der Waals surface area contributed by atoms with Gasteiger partial charge >= 0.3 is 5.97 Å². The van der Waals surface area contributed by atoms with Gasteiger partial charge in [-0.25, -0.2) is 0 Å². The number of aliphatic hydroxyl groups excluding tert-OH is 1. The number of carbonyl (C=O) groups is 1. The molecule has 0 amide bonds. The Kier molecular flexibility index (Phi) is 3.72. The van der Waals surface area contributed by atoms with Crippen LogP contribution in [0.2, 0.25) is 0 Å². The van der Waals surface area contributed by atoms with Gasteiger partial charge in [0.25, 0.3) is 0 Å². The molecule has 3 nitrogen and oxygen atoms in total. The molecular weight excluding hydrogens is 168 g/mol. The van der Waals surface area contributed by atoms with Crippen LogP contribution in [0.25, 0.3) is 0 Å². The van der Waals surface area contributed by atoms with Crippen molar-refractivity contribution in [3.05, 3.63) is 0 Å². The Morgan fingerprint density at radius 3 is 2.77 bits per heavy atom. The fourth-order valence-electron chi connectivity index (χ4n) is 1.85. The minimum atomic E-state index is -0.231. The molecule has 0 aromatic rings. The minimum Gasteiger partial charge on any atom is -0.466 e. The van der Waals surface area contributed by atoms with Crippen LogP contribution in [0.15, 0.2) is 0 Å². The van der Waals surface area contributed by atoms with Crippen LogP contribution >= 0.6 is 0 Å². The molecule has 76 valence electrons. The van der Waals surface area contributed by atoms with Crippen LogP contribution in [-0.4, -0.2) is 23.8 Å². The van der Waals surface area contributed by atoms with Gasteiger partial charge in [-0.15, -0.1) is 0 Å². The summed E-state index contributed by atoms with van der Waals surface area (Å²) in [6.45, 7) is 4.25. The zero-order valence-corrected chi connectivity index (χ0v) is 8.32. The molecular formula is C10H18O3. The van der Waals surface area contributed by atoms with Gasteiger partial charge in [0.1, 0.15) is 0 Å². The smallest absolute Gasteiger partial charge is 0.308 e. The Balaban J connectivity index is 2.40. The molecule has 3 atom stereocenters. The lowest BCUT2D eigenvalue weighted by Crippen LogP contribution is -2.31. The largest absolute Gasteiger partial charge is 0.466 e. The van der Waals surface area contributed by atoms with Gasteiger partial charge in [0.05, 0.1) is 18.6 Å². The van der Waals surface area contributed by atoms with Crippen LogP contribution in [0.5, 0.6) is 0 Å². The Labute approximate surface area is 79.1 Å². The van der Waals surface area contributed by atoms with E-state index < -0.39 is 0 Å². The quantitative estimate of drug-likeness (QED) is 0.662. The van der Waals surface area contributed by atoms with Crippen LogP contribution in [0, 0.1) is 11.8 Å². The van der Waals surface area contributed by atoms with Gasteiger partial charge in [-0.3, -0.25) is 4.79 Å². The van der Waals surface area contributed by atoms with E-state index in [2.05, 4.69) is 0 Å². The second-order valence-corrected chi connectivity index (χ2v) is 3.81. The molecule has 0 heterocycles. The molecule has 0 radical (unpaired) electrons. The molecule has 0 aromatic carbocycles. The standard InChI is InChI=1S/C10H18O3/c1-3-13-10(12)8-4-5-9(11)7(2)6-8/h7-9,11H,3-6H2,1-2H3/t7-,8+,9-/m0/s1. The normalized spacial score (nSPS) is 34.2. The highest BCUT2D eigenvalue weighted by Gasteiger charge is 2.30. The summed E-state index contributed by atoms with van der Waals surface area (Å²) in [5, 5.41) is 9.46. The first-order chi connectivity index (χ1) is 6.15. The van der Waals surface area contributed by atoms with E-state index >= 15 is 0 Å². The maximum absolute atomic E-state index is 11.3. The summed E-state index contributed by atoms with van der Waals surface area (Å²) in [5.41, 5.74) is 0. The first-order valence-corrected chi connectivity index (χ1v) is 4.99. The van der Waals surface area contributed by atoms with E-state index in [9.17, 15) is 9.90 Å². The summed E-state index contributed by atoms with van der Waals surface area (Å²) < 4.78 is 4.94. The highest BCUT2D eigenvalue weighted by molar-refractivity contribution is 5.72. The molecule has 3 heteroatoms. The SMILES string of the molecule is CCOC(=O)[C@@H]1CC[C@H](O)[C@@H](C)C1. The van der Waals surface area contributed by atoms with Crippen LogP contribution in [0.3, 0.4) is 0 Å². The van der Waals surface area contributed by atoms with E-state index in [1.54, 1.807) is 0 Å². The van der Waals surface area contributed by atoms with E-state index in [-0.39, 0.29) is 23.9 Å². The van der Waals surface area contributed by atoms with E-state index in [1.165, 1.54) is 0 Å². The summed E-state index contributed by atoms with van der Waals surface area (Å²) in [6, 6.07) is 0. The molecule has 0 spiro atoms. The third-order valence-corrected chi connectivity index (χ3v) is 2.74. The van der Waals surface area contributed by atoms with Crippen LogP contribution in [0.4, 0.5) is 0 Å². The third-order valence-electron chi connectivity index (χ3n) is 2.74. The van der Waals surface area contributed by atoms with Gasteiger partial charge in [0, 0.05) is 0 Å². The Morgan fingerprint density at radius 2 is 2.23 bits per heavy atom. The van der Waals surface area contributed by atoms with Gasteiger partial charge in [0.15, 0.2) is 0 Å². The summed E-state index contributed by atoms with van der Waals surface area (Å²) in [6.07, 6.45) is 2.03. The lowest BCUT2D eigenvalue weighted by molar-refractivity contribution is -0.150. The van der Waals surface area contributed by atoms with Crippen LogP contribution < -0.4 is 0 Å². The molecule has 1 aliphatic carbocycles. The molecule has 1 fully saturated rings. The van der Waals surface area contributed by atoms with E-state index in [1.807, 2.05) is 13.8 Å². The van der Waals surface area contributed by atoms with Crippen molar-refractivity contribution in [2.45, 2.75) is 39.2 Å². The second-order valence-electron chi connectivity index (χ2n) is 3.81. The average molecular weight is 186 g/mol. The van der Waals surface area contributed by atoms with Gasteiger partial charge in [-0.1, -0.05) is 6.92 Å². The molecule has 0 unspecified atom stereocenters. The maximum Gasteiger partial charge on any atom is 0.308 e.